The van der Waals surface area contributed by atoms with Crippen LogP contribution in [0, 0.1) is 23.7 Å². The van der Waals surface area contributed by atoms with Gasteiger partial charge >= 0.3 is 0 Å². The fourth-order valence-corrected chi connectivity index (χ4v) is 3.45. The Morgan fingerprint density at radius 3 is 2.42 bits per heavy atom. The molecule has 0 heteroatoms. The Balaban J connectivity index is 2.03. The lowest BCUT2D eigenvalue weighted by Crippen LogP contribution is -2.33. The molecule has 2 fully saturated rings. The molecular weight excluding hydrogens is 144 g/mol. The summed E-state index contributed by atoms with van der Waals surface area (Å²) >= 11 is 0. The normalized spacial score (nSPS) is 48.5. The molecule has 0 nitrogen and oxygen atoms in total. The van der Waals surface area contributed by atoms with Crippen molar-refractivity contribution in [2.75, 3.05) is 0 Å². The molecule has 0 spiro atoms. The summed E-state index contributed by atoms with van der Waals surface area (Å²) in [4.78, 5) is 0. The second-order valence-electron chi connectivity index (χ2n) is 5.12. The zero-order valence-electron chi connectivity index (χ0n) is 8.55. The molecule has 0 saturated heterocycles. The smallest absolute Gasteiger partial charge is 0.0358 e. The Morgan fingerprint density at radius 2 is 1.58 bits per heavy atom. The van der Waals surface area contributed by atoms with Crippen molar-refractivity contribution in [3.8, 4) is 0 Å². The molecule has 0 aromatic carbocycles. The summed E-state index contributed by atoms with van der Waals surface area (Å²) in [6.07, 6.45) is 9.15. The topological polar surface area (TPSA) is 0 Å². The third-order valence-corrected chi connectivity index (χ3v) is 4.53. The predicted octanol–water partition coefficient (Wildman–Crippen LogP) is 3.86. The fourth-order valence-electron chi connectivity index (χ4n) is 3.45. The minimum Gasteiger partial charge on any atom is -0.0622 e. The first-order chi connectivity index (χ1) is 5.79. The zero-order chi connectivity index (χ0) is 8.55. The van der Waals surface area contributed by atoms with Crippen molar-refractivity contribution in [2.45, 2.75) is 52.4 Å². The molecule has 2 aliphatic rings. The molecule has 0 aliphatic heterocycles. The summed E-state index contributed by atoms with van der Waals surface area (Å²) in [6.45, 7) is 4.95. The molecule has 0 unspecified atom stereocenters. The SMILES string of the molecule is C[C@@H]1[C@H]2CCCC[C@H]2CC[C@H]1C. The van der Waals surface area contributed by atoms with Crippen molar-refractivity contribution in [1.82, 2.24) is 0 Å². The lowest BCUT2D eigenvalue weighted by atomic mass is 9.63. The minimum absolute atomic E-state index is 1.00. The van der Waals surface area contributed by atoms with Gasteiger partial charge in [0.1, 0.15) is 0 Å². The van der Waals surface area contributed by atoms with Gasteiger partial charge < -0.3 is 0 Å². The van der Waals surface area contributed by atoms with E-state index in [2.05, 4.69) is 13.8 Å². The van der Waals surface area contributed by atoms with Gasteiger partial charge in [0.25, 0.3) is 0 Å². The van der Waals surface area contributed by atoms with Gasteiger partial charge in [-0.15, -0.1) is 0 Å². The highest BCUT2D eigenvalue weighted by Crippen LogP contribution is 2.45. The van der Waals surface area contributed by atoms with Crippen molar-refractivity contribution >= 4 is 0 Å². The molecule has 70 valence electrons. The van der Waals surface area contributed by atoms with Gasteiger partial charge in [0, 0.05) is 0 Å². The molecule has 0 heterocycles. The third kappa shape index (κ3) is 1.41. The van der Waals surface area contributed by atoms with Gasteiger partial charge in [-0.3, -0.25) is 0 Å². The Bertz CT molecular complexity index is 148. The molecule has 2 rings (SSSR count). The van der Waals surface area contributed by atoms with Gasteiger partial charge in [-0.05, 0) is 36.5 Å². The molecule has 4 atom stereocenters. The van der Waals surface area contributed by atoms with E-state index in [1.165, 1.54) is 32.1 Å². The number of fused-ring (bicyclic) bond motifs is 1. The summed E-state index contributed by atoms with van der Waals surface area (Å²) in [6, 6.07) is 0. The van der Waals surface area contributed by atoms with Crippen LogP contribution >= 0.6 is 0 Å². The second kappa shape index (κ2) is 3.40. The highest BCUT2D eigenvalue weighted by atomic mass is 14.4. The van der Waals surface area contributed by atoms with E-state index in [9.17, 15) is 0 Å². The Kier molecular flexibility index (Phi) is 2.43. The van der Waals surface area contributed by atoms with E-state index in [1.54, 1.807) is 6.42 Å². The van der Waals surface area contributed by atoms with E-state index >= 15 is 0 Å². The Hall–Kier alpha value is 0. The monoisotopic (exact) mass is 166 g/mol. The Morgan fingerprint density at radius 1 is 0.833 bits per heavy atom. The summed E-state index contributed by atoms with van der Waals surface area (Å²) < 4.78 is 0. The van der Waals surface area contributed by atoms with Crippen LogP contribution in [0.1, 0.15) is 52.4 Å². The summed E-state index contributed by atoms with van der Waals surface area (Å²) in [5, 5.41) is 0. The molecule has 0 radical (unpaired) electrons. The minimum atomic E-state index is 1.00. The van der Waals surface area contributed by atoms with Crippen molar-refractivity contribution in [1.29, 1.82) is 0 Å². The number of hydrogen-bond acceptors (Lipinski definition) is 0. The molecule has 2 saturated carbocycles. The van der Waals surface area contributed by atoms with Crippen LogP contribution in [0.3, 0.4) is 0 Å². The molecule has 0 aromatic heterocycles. The molecular formula is C12H22. The highest BCUT2D eigenvalue weighted by molar-refractivity contribution is 4.85. The zero-order valence-corrected chi connectivity index (χ0v) is 8.55. The Labute approximate surface area is 76.7 Å². The average Bonchev–Trinajstić information content (AvgIpc) is 2.12. The van der Waals surface area contributed by atoms with Gasteiger partial charge in [0.05, 0.1) is 0 Å². The maximum absolute atomic E-state index is 2.49. The van der Waals surface area contributed by atoms with Gasteiger partial charge in [0.15, 0.2) is 0 Å². The average molecular weight is 166 g/mol. The molecule has 2 aliphatic carbocycles. The summed E-state index contributed by atoms with van der Waals surface area (Å²) in [5.74, 6) is 4.24. The van der Waals surface area contributed by atoms with Gasteiger partial charge in [-0.1, -0.05) is 39.5 Å². The van der Waals surface area contributed by atoms with Crippen LogP contribution < -0.4 is 0 Å². The highest BCUT2D eigenvalue weighted by Gasteiger charge is 2.35. The molecule has 0 N–H and O–H groups in total. The van der Waals surface area contributed by atoms with Crippen LogP contribution in [0.25, 0.3) is 0 Å². The number of hydrogen-bond donors (Lipinski definition) is 0. The van der Waals surface area contributed by atoms with Crippen LogP contribution in [0.2, 0.25) is 0 Å². The van der Waals surface area contributed by atoms with Crippen molar-refractivity contribution in [2.24, 2.45) is 23.7 Å². The standard InChI is InChI=1S/C12H22/c1-9-7-8-11-5-3-4-6-12(11)10(9)2/h9-12H,3-8H2,1-2H3/t9-,10+,11+,12-/m1/s1. The van der Waals surface area contributed by atoms with E-state index in [1.807, 2.05) is 0 Å². The van der Waals surface area contributed by atoms with Crippen LogP contribution in [0.15, 0.2) is 0 Å². The second-order valence-corrected chi connectivity index (χ2v) is 5.12. The van der Waals surface area contributed by atoms with Gasteiger partial charge in [-0.2, -0.15) is 0 Å². The van der Waals surface area contributed by atoms with Crippen LogP contribution in [-0.4, -0.2) is 0 Å². The maximum atomic E-state index is 2.49. The van der Waals surface area contributed by atoms with E-state index in [0.29, 0.717) is 0 Å². The first kappa shape index (κ1) is 8.59. The number of rotatable bonds is 0. The van der Waals surface area contributed by atoms with Crippen molar-refractivity contribution in [3.05, 3.63) is 0 Å². The lowest BCUT2D eigenvalue weighted by molar-refractivity contribution is 0.0734. The van der Waals surface area contributed by atoms with E-state index in [-0.39, 0.29) is 0 Å². The summed E-state index contributed by atoms with van der Waals surface area (Å²) in [5.41, 5.74) is 0. The molecule has 12 heavy (non-hydrogen) atoms. The van der Waals surface area contributed by atoms with Crippen molar-refractivity contribution in [3.63, 3.8) is 0 Å². The first-order valence-corrected chi connectivity index (χ1v) is 5.79. The van der Waals surface area contributed by atoms with Crippen LogP contribution in [0.5, 0.6) is 0 Å². The van der Waals surface area contributed by atoms with Crippen LogP contribution in [0.4, 0.5) is 0 Å². The van der Waals surface area contributed by atoms with Crippen molar-refractivity contribution < 1.29 is 0 Å². The predicted molar refractivity (Wildman–Crippen MR) is 53.0 cm³/mol. The lowest BCUT2D eigenvalue weighted by Gasteiger charge is -2.43. The van der Waals surface area contributed by atoms with E-state index in [0.717, 1.165) is 23.7 Å². The molecule has 0 aromatic rings. The summed E-state index contributed by atoms with van der Waals surface area (Å²) in [7, 11) is 0. The third-order valence-electron chi connectivity index (χ3n) is 4.53. The first-order valence-electron chi connectivity index (χ1n) is 5.79. The van der Waals surface area contributed by atoms with Crippen LogP contribution in [-0.2, 0) is 0 Å². The molecule has 0 amide bonds. The van der Waals surface area contributed by atoms with Gasteiger partial charge in [0.2, 0.25) is 0 Å². The molecule has 0 bridgehead atoms. The maximum Gasteiger partial charge on any atom is -0.0358 e. The van der Waals surface area contributed by atoms with E-state index < -0.39 is 0 Å². The largest absolute Gasteiger partial charge is 0.0622 e. The van der Waals surface area contributed by atoms with Gasteiger partial charge in [-0.25, -0.2) is 0 Å². The fraction of sp³-hybridized carbons (Fsp3) is 1.00. The quantitative estimate of drug-likeness (QED) is 0.512. The van der Waals surface area contributed by atoms with E-state index in [4.69, 9.17) is 0 Å².